The van der Waals surface area contributed by atoms with Crippen molar-refractivity contribution in [2.75, 3.05) is 40.3 Å². The average Bonchev–Trinajstić information content (AvgIpc) is 3.76. The van der Waals surface area contributed by atoms with Gasteiger partial charge in [0.25, 0.3) is 0 Å². The van der Waals surface area contributed by atoms with Crippen LogP contribution in [0.5, 0.6) is 5.75 Å². The molecule has 0 atom stereocenters. The molecule has 0 saturated carbocycles. The molecule has 0 aliphatic carbocycles. The van der Waals surface area contributed by atoms with Crippen LogP contribution in [0.3, 0.4) is 0 Å². The Kier molecular flexibility index (Phi) is 7.30. The van der Waals surface area contributed by atoms with Crippen LogP contribution in [-0.4, -0.2) is 80.3 Å². The zero-order chi connectivity index (χ0) is 29.3. The fourth-order valence-electron chi connectivity index (χ4n) is 5.75. The number of likely N-dealkylation sites (N-methyl/N-ethyl adjacent to an activating group) is 1. The van der Waals surface area contributed by atoms with E-state index in [0.717, 1.165) is 76.2 Å². The Morgan fingerprint density at radius 3 is 2.70 bits per heavy atom. The zero-order valence-corrected chi connectivity index (χ0v) is 24.3. The van der Waals surface area contributed by atoms with E-state index in [9.17, 15) is 4.39 Å². The molecule has 1 aliphatic rings. The van der Waals surface area contributed by atoms with Crippen molar-refractivity contribution in [2.45, 2.75) is 19.4 Å². The number of nitrogens with zero attached hydrogens (tertiary/aromatic N) is 6. The third-order valence-electron chi connectivity index (χ3n) is 7.92. The molecule has 0 amide bonds. The predicted molar refractivity (Wildman–Crippen MR) is 166 cm³/mol. The standard InChI is InChI=1S/C33H33FN8O/c1-41(2)9-10-43-25-13-22(12-24(34)14-25)26-5-6-36-33-27(26)15-30(38-33)32-28-16-29(37-19-31(28)39-40-32)23-11-21(17-35-18-23)20-42-7-3-4-8-42/h5-6,11-19H,3-4,7-10,20H2,1-2H3,(H,36,38)(H,39,40). The molecule has 9 nitrogen and oxygen atoms in total. The molecule has 1 saturated heterocycles. The second-order valence-corrected chi connectivity index (χ2v) is 11.4. The quantitative estimate of drug-likeness (QED) is 0.221. The SMILES string of the molecule is CN(C)CCOc1cc(F)cc(-c2ccnc3[nH]c(-c4n[nH]c5cnc(-c6cncc(CN7CCCC7)c6)cc45)cc23)c1. The van der Waals surface area contributed by atoms with Crippen molar-refractivity contribution < 1.29 is 9.13 Å². The van der Waals surface area contributed by atoms with Gasteiger partial charge in [-0.25, -0.2) is 9.37 Å². The molecule has 10 heteroatoms. The fourth-order valence-corrected chi connectivity index (χ4v) is 5.75. The number of aromatic nitrogens is 6. The van der Waals surface area contributed by atoms with Gasteiger partial charge in [0.1, 0.15) is 29.5 Å². The van der Waals surface area contributed by atoms with Crippen LogP contribution in [0.25, 0.3) is 55.7 Å². The molecule has 1 aliphatic heterocycles. The largest absolute Gasteiger partial charge is 0.492 e. The summed E-state index contributed by atoms with van der Waals surface area (Å²) in [6.07, 6.45) is 9.85. The van der Waals surface area contributed by atoms with E-state index in [2.05, 4.69) is 42.2 Å². The maximum atomic E-state index is 14.7. The Labute approximate surface area is 248 Å². The van der Waals surface area contributed by atoms with Gasteiger partial charge in [0.2, 0.25) is 0 Å². The molecule has 2 N–H and O–H groups in total. The zero-order valence-electron chi connectivity index (χ0n) is 24.3. The van der Waals surface area contributed by atoms with Crippen molar-refractivity contribution in [3.63, 3.8) is 0 Å². The number of halogens is 1. The smallest absolute Gasteiger partial charge is 0.138 e. The van der Waals surface area contributed by atoms with E-state index in [4.69, 9.17) is 9.72 Å². The van der Waals surface area contributed by atoms with Gasteiger partial charge in [-0.1, -0.05) is 0 Å². The molecule has 1 aromatic carbocycles. The van der Waals surface area contributed by atoms with Crippen LogP contribution in [0.15, 0.2) is 67.3 Å². The van der Waals surface area contributed by atoms with Gasteiger partial charge in [0, 0.05) is 54.1 Å². The van der Waals surface area contributed by atoms with Crippen LogP contribution < -0.4 is 4.74 Å². The Hall–Kier alpha value is -4.67. The average molecular weight is 577 g/mol. The van der Waals surface area contributed by atoms with Crippen LogP contribution in [0.4, 0.5) is 4.39 Å². The number of fused-ring (bicyclic) bond motifs is 2. The van der Waals surface area contributed by atoms with Crippen molar-refractivity contribution in [3.05, 3.63) is 78.6 Å². The lowest BCUT2D eigenvalue weighted by atomic mass is 10.0. The van der Waals surface area contributed by atoms with Gasteiger partial charge < -0.3 is 14.6 Å². The number of ether oxygens (including phenoxy) is 1. The molecule has 43 heavy (non-hydrogen) atoms. The van der Waals surface area contributed by atoms with Crippen LogP contribution in [-0.2, 0) is 6.54 Å². The maximum absolute atomic E-state index is 14.7. The molecule has 0 spiro atoms. The second kappa shape index (κ2) is 11.5. The molecular weight excluding hydrogens is 543 g/mol. The van der Waals surface area contributed by atoms with E-state index in [0.29, 0.717) is 18.0 Å². The number of hydrogen-bond donors (Lipinski definition) is 2. The molecule has 0 unspecified atom stereocenters. The summed E-state index contributed by atoms with van der Waals surface area (Å²) in [5, 5.41) is 9.55. The second-order valence-electron chi connectivity index (χ2n) is 11.4. The summed E-state index contributed by atoms with van der Waals surface area (Å²) in [5.41, 5.74) is 7.65. The van der Waals surface area contributed by atoms with Gasteiger partial charge in [-0.05, 0) is 93.1 Å². The molecule has 7 rings (SSSR count). The van der Waals surface area contributed by atoms with Crippen LogP contribution >= 0.6 is 0 Å². The van der Waals surface area contributed by atoms with Crippen molar-refractivity contribution >= 4 is 21.9 Å². The number of nitrogens with one attached hydrogen (secondary N) is 2. The highest BCUT2D eigenvalue weighted by Gasteiger charge is 2.17. The number of hydrogen-bond acceptors (Lipinski definition) is 7. The summed E-state index contributed by atoms with van der Waals surface area (Å²) in [4.78, 5) is 21.7. The number of pyridine rings is 3. The van der Waals surface area contributed by atoms with Crippen molar-refractivity contribution in [1.29, 1.82) is 0 Å². The van der Waals surface area contributed by atoms with Crippen molar-refractivity contribution in [3.8, 4) is 39.5 Å². The van der Waals surface area contributed by atoms with E-state index in [-0.39, 0.29) is 5.82 Å². The number of aromatic amines is 2. The number of rotatable bonds is 9. The van der Waals surface area contributed by atoms with E-state index in [1.807, 2.05) is 55.8 Å². The van der Waals surface area contributed by atoms with Gasteiger partial charge in [-0.15, -0.1) is 0 Å². The third kappa shape index (κ3) is 5.71. The van der Waals surface area contributed by atoms with E-state index >= 15 is 0 Å². The lowest BCUT2D eigenvalue weighted by molar-refractivity contribution is 0.260. The molecule has 0 bridgehead atoms. The number of H-pyrrole nitrogens is 2. The van der Waals surface area contributed by atoms with Crippen molar-refractivity contribution in [2.24, 2.45) is 0 Å². The van der Waals surface area contributed by atoms with Crippen LogP contribution in [0.1, 0.15) is 18.4 Å². The Morgan fingerprint density at radius 2 is 1.84 bits per heavy atom. The summed E-state index contributed by atoms with van der Waals surface area (Å²) >= 11 is 0. The first-order valence-corrected chi connectivity index (χ1v) is 14.6. The molecule has 5 aromatic heterocycles. The minimum Gasteiger partial charge on any atom is -0.492 e. The molecule has 0 radical (unpaired) electrons. The third-order valence-corrected chi connectivity index (χ3v) is 7.92. The van der Waals surface area contributed by atoms with Crippen LogP contribution in [0, 0.1) is 5.82 Å². The number of benzene rings is 1. The van der Waals surface area contributed by atoms with Crippen LogP contribution in [0.2, 0.25) is 0 Å². The summed E-state index contributed by atoms with van der Waals surface area (Å²) in [6.45, 7) is 4.39. The summed E-state index contributed by atoms with van der Waals surface area (Å²) in [7, 11) is 3.95. The molecular formula is C33H33FN8O. The van der Waals surface area contributed by atoms with Crippen molar-refractivity contribution in [1.82, 2.24) is 39.9 Å². The summed E-state index contributed by atoms with van der Waals surface area (Å²) in [6, 6.07) is 12.9. The Bertz CT molecular complexity index is 1910. The van der Waals surface area contributed by atoms with E-state index in [1.165, 1.54) is 30.5 Å². The molecule has 218 valence electrons. The van der Waals surface area contributed by atoms with Gasteiger partial charge in [-0.2, -0.15) is 5.10 Å². The minimum absolute atomic E-state index is 0.351. The maximum Gasteiger partial charge on any atom is 0.138 e. The van der Waals surface area contributed by atoms with E-state index in [1.54, 1.807) is 6.20 Å². The Morgan fingerprint density at radius 1 is 0.953 bits per heavy atom. The summed E-state index contributed by atoms with van der Waals surface area (Å²) < 4.78 is 20.5. The molecule has 6 heterocycles. The molecule has 6 aromatic rings. The first-order chi connectivity index (χ1) is 21.0. The van der Waals surface area contributed by atoms with Gasteiger partial charge in [0.15, 0.2) is 0 Å². The molecule has 1 fully saturated rings. The summed E-state index contributed by atoms with van der Waals surface area (Å²) in [5.74, 6) is 0.144. The topological polar surface area (TPSA) is 98.8 Å². The lowest BCUT2D eigenvalue weighted by Gasteiger charge is -2.14. The van der Waals surface area contributed by atoms with Gasteiger partial charge in [0.05, 0.1) is 23.1 Å². The normalized spacial score (nSPS) is 14.0. The minimum atomic E-state index is -0.351. The monoisotopic (exact) mass is 576 g/mol. The highest BCUT2D eigenvalue weighted by molar-refractivity contribution is 6.00. The van der Waals surface area contributed by atoms with Gasteiger partial charge >= 0.3 is 0 Å². The van der Waals surface area contributed by atoms with Gasteiger partial charge in [-0.3, -0.25) is 20.0 Å². The van der Waals surface area contributed by atoms with E-state index < -0.39 is 0 Å². The highest BCUT2D eigenvalue weighted by atomic mass is 19.1. The first kappa shape index (κ1) is 27.2. The first-order valence-electron chi connectivity index (χ1n) is 14.6. The fraction of sp³-hybridized carbons (Fsp3) is 0.273. The Balaban J connectivity index is 1.22. The highest BCUT2D eigenvalue weighted by Crippen LogP contribution is 2.35. The lowest BCUT2D eigenvalue weighted by Crippen LogP contribution is -2.19. The predicted octanol–water partition coefficient (Wildman–Crippen LogP) is 5.91. The number of likely N-dealkylation sites (tertiary alicyclic amines) is 1.